The molecule has 138 valence electrons. The first-order valence-electron chi connectivity index (χ1n) is 7.87. The fourth-order valence-corrected chi connectivity index (χ4v) is 3.06. The molecule has 2 heterocycles. The van der Waals surface area contributed by atoms with Crippen LogP contribution in [0.4, 0.5) is 13.2 Å². The molecule has 0 saturated carbocycles. The summed E-state index contributed by atoms with van der Waals surface area (Å²) in [6, 6.07) is 7.68. The summed E-state index contributed by atoms with van der Waals surface area (Å²) >= 11 is 6.14. The van der Waals surface area contributed by atoms with Crippen LogP contribution in [-0.4, -0.2) is 12.7 Å². The number of rotatable bonds is 5. The number of benzene rings is 1. The van der Waals surface area contributed by atoms with Gasteiger partial charge in [0.25, 0.3) is 0 Å². The van der Waals surface area contributed by atoms with E-state index in [2.05, 4.69) is 0 Å². The Hall–Kier alpha value is -2.25. The lowest BCUT2D eigenvalue weighted by molar-refractivity contribution is -0.938. The maximum absolute atomic E-state index is 13.0. The number of nitrogens with one attached hydrogen (secondary N) is 1. The molecule has 3 aromatic rings. The van der Waals surface area contributed by atoms with Gasteiger partial charge in [0.1, 0.15) is 18.7 Å². The molecule has 1 unspecified atom stereocenters. The summed E-state index contributed by atoms with van der Waals surface area (Å²) in [5.74, 6) is 0.436. The van der Waals surface area contributed by atoms with E-state index in [9.17, 15) is 18.0 Å². The number of furan rings is 1. The second kappa shape index (κ2) is 7.17. The monoisotopic (exact) mass is 386 g/mol. The van der Waals surface area contributed by atoms with Crippen LogP contribution >= 0.6 is 11.6 Å². The molecule has 0 aliphatic carbocycles. The van der Waals surface area contributed by atoms with Crippen LogP contribution in [0.15, 0.2) is 50.2 Å². The zero-order chi connectivity index (χ0) is 18.9. The summed E-state index contributed by atoms with van der Waals surface area (Å²) in [5, 5.41) is 0.982. The van der Waals surface area contributed by atoms with E-state index in [0.717, 1.165) is 5.56 Å². The van der Waals surface area contributed by atoms with Gasteiger partial charge in [-0.05, 0) is 36.8 Å². The molecule has 0 amide bonds. The van der Waals surface area contributed by atoms with Crippen molar-refractivity contribution in [1.82, 2.24) is 0 Å². The standard InChI is InChI=1S/C18H15ClF3NO3/c1-11-5-16-14(7-15(11)19)12(6-17(24)26-16)8-23(10-18(20,21)22)9-13-3-2-4-25-13/h2-7H,8-10H2,1H3/p+1. The van der Waals surface area contributed by atoms with E-state index in [1.165, 1.54) is 12.3 Å². The van der Waals surface area contributed by atoms with Crippen LogP contribution in [0, 0.1) is 6.92 Å². The predicted molar refractivity (Wildman–Crippen MR) is 90.2 cm³/mol. The summed E-state index contributed by atoms with van der Waals surface area (Å²) in [7, 11) is 0. The van der Waals surface area contributed by atoms with E-state index in [1.54, 1.807) is 31.2 Å². The summed E-state index contributed by atoms with van der Waals surface area (Å²) in [6.07, 6.45) is -2.94. The van der Waals surface area contributed by atoms with E-state index >= 15 is 0 Å². The number of alkyl halides is 3. The van der Waals surface area contributed by atoms with Gasteiger partial charge in [0.05, 0.1) is 6.26 Å². The molecule has 4 nitrogen and oxygen atoms in total. The number of hydrogen-bond donors (Lipinski definition) is 1. The molecule has 3 rings (SSSR count). The number of halogens is 4. The summed E-state index contributed by atoms with van der Waals surface area (Å²) < 4.78 is 49.3. The average Bonchev–Trinajstić information content (AvgIpc) is 3.00. The van der Waals surface area contributed by atoms with Crippen molar-refractivity contribution < 1.29 is 26.9 Å². The molecule has 0 radical (unpaired) electrons. The zero-order valence-corrected chi connectivity index (χ0v) is 14.6. The van der Waals surface area contributed by atoms with Crippen molar-refractivity contribution in [3.8, 4) is 0 Å². The molecule has 26 heavy (non-hydrogen) atoms. The van der Waals surface area contributed by atoms with Gasteiger partial charge in [-0.1, -0.05) is 11.6 Å². The molecule has 8 heteroatoms. The number of quaternary nitrogens is 1. The minimum atomic E-state index is -4.36. The smallest absolute Gasteiger partial charge is 0.438 e. The molecule has 1 aromatic carbocycles. The lowest BCUT2D eigenvalue weighted by atomic mass is 10.1. The first-order valence-corrected chi connectivity index (χ1v) is 8.24. The molecule has 1 N–H and O–H groups in total. The van der Waals surface area contributed by atoms with Crippen LogP contribution in [0.3, 0.4) is 0 Å². The van der Waals surface area contributed by atoms with Crippen molar-refractivity contribution in [3.05, 3.63) is 68.9 Å². The van der Waals surface area contributed by atoms with Gasteiger partial charge in [0.2, 0.25) is 0 Å². The Bertz CT molecular complexity index is 964. The SMILES string of the molecule is Cc1cc2oc(=O)cc(C[NH+](Cc3ccco3)CC(F)(F)F)c2cc1Cl. The minimum Gasteiger partial charge on any atom is -0.463 e. The van der Waals surface area contributed by atoms with Gasteiger partial charge in [0.15, 0.2) is 12.3 Å². The van der Waals surface area contributed by atoms with Crippen LogP contribution in [0.2, 0.25) is 5.02 Å². The highest BCUT2D eigenvalue weighted by Gasteiger charge is 2.34. The third kappa shape index (κ3) is 4.47. The fraction of sp³-hybridized carbons (Fsp3) is 0.278. The fourth-order valence-electron chi connectivity index (χ4n) is 2.89. The first kappa shape index (κ1) is 18.5. The minimum absolute atomic E-state index is 0.0261. The highest BCUT2D eigenvalue weighted by Crippen LogP contribution is 2.25. The summed E-state index contributed by atoms with van der Waals surface area (Å²) in [6.45, 7) is 0.705. The van der Waals surface area contributed by atoms with Crippen molar-refractivity contribution >= 4 is 22.6 Å². The van der Waals surface area contributed by atoms with Gasteiger partial charge in [-0.15, -0.1) is 0 Å². The topological polar surface area (TPSA) is 47.8 Å². The van der Waals surface area contributed by atoms with Crippen molar-refractivity contribution in [1.29, 1.82) is 0 Å². The molecular weight excluding hydrogens is 371 g/mol. The Morgan fingerprint density at radius 2 is 1.96 bits per heavy atom. The molecule has 2 aromatic heterocycles. The van der Waals surface area contributed by atoms with Crippen molar-refractivity contribution in [2.45, 2.75) is 26.2 Å². The van der Waals surface area contributed by atoms with Crippen LogP contribution in [0.25, 0.3) is 11.0 Å². The summed E-state index contributed by atoms with van der Waals surface area (Å²) in [5.41, 5.74) is 0.857. The van der Waals surface area contributed by atoms with E-state index in [4.69, 9.17) is 20.4 Å². The van der Waals surface area contributed by atoms with Crippen molar-refractivity contribution in [3.63, 3.8) is 0 Å². The summed E-state index contributed by atoms with van der Waals surface area (Å²) in [4.78, 5) is 12.0. The quantitative estimate of drug-likeness (QED) is 0.683. The molecule has 0 saturated heterocycles. The van der Waals surface area contributed by atoms with Gasteiger partial charge in [-0.25, -0.2) is 4.79 Å². The van der Waals surface area contributed by atoms with E-state index in [1.807, 2.05) is 0 Å². The second-order valence-electron chi connectivity index (χ2n) is 6.16. The Kier molecular flexibility index (Phi) is 5.11. The average molecular weight is 387 g/mol. The third-order valence-electron chi connectivity index (χ3n) is 4.00. The van der Waals surface area contributed by atoms with Gasteiger partial charge in [-0.2, -0.15) is 13.2 Å². The molecule has 0 fully saturated rings. The lowest BCUT2D eigenvalue weighted by Gasteiger charge is -2.20. The van der Waals surface area contributed by atoms with E-state index in [0.29, 0.717) is 27.3 Å². The first-order chi connectivity index (χ1) is 12.2. The van der Waals surface area contributed by atoms with Crippen LogP contribution < -0.4 is 10.5 Å². The van der Waals surface area contributed by atoms with Crippen LogP contribution in [0.1, 0.15) is 16.9 Å². The van der Waals surface area contributed by atoms with Crippen molar-refractivity contribution in [2.75, 3.05) is 6.54 Å². The Balaban J connectivity index is 1.99. The number of aryl methyl sites for hydroxylation is 1. The Morgan fingerprint density at radius 1 is 1.19 bits per heavy atom. The number of fused-ring (bicyclic) bond motifs is 1. The van der Waals surface area contributed by atoms with Gasteiger partial charge < -0.3 is 13.7 Å². The molecular formula is C18H16ClF3NO3+. The Morgan fingerprint density at radius 3 is 2.62 bits per heavy atom. The molecule has 0 bridgehead atoms. The normalized spacial score (nSPS) is 13.3. The highest BCUT2D eigenvalue weighted by atomic mass is 35.5. The largest absolute Gasteiger partial charge is 0.463 e. The third-order valence-corrected chi connectivity index (χ3v) is 4.41. The highest BCUT2D eigenvalue weighted by molar-refractivity contribution is 6.32. The van der Waals surface area contributed by atoms with Gasteiger partial charge in [0, 0.05) is 22.0 Å². The maximum atomic E-state index is 13.0. The Labute approximate surface area is 151 Å². The van der Waals surface area contributed by atoms with Crippen molar-refractivity contribution in [2.24, 2.45) is 0 Å². The second-order valence-corrected chi connectivity index (χ2v) is 6.57. The van der Waals surface area contributed by atoms with Crippen LogP contribution in [-0.2, 0) is 13.1 Å². The molecule has 0 aliphatic rings. The van der Waals surface area contributed by atoms with E-state index < -0.39 is 18.3 Å². The van der Waals surface area contributed by atoms with Gasteiger partial charge in [-0.3, -0.25) is 0 Å². The van der Waals surface area contributed by atoms with Crippen LogP contribution in [0.5, 0.6) is 0 Å². The molecule has 1 atom stereocenters. The molecule has 0 spiro atoms. The maximum Gasteiger partial charge on any atom is 0.438 e. The van der Waals surface area contributed by atoms with E-state index in [-0.39, 0.29) is 18.0 Å². The van der Waals surface area contributed by atoms with Gasteiger partial charge >= 0.3 is 11.8 Å². The lowest BCUT2D eigenvalue weighted by Crippen LogP contribution is -3.10. The number of hydrogen-bond acceptors (Lipinski definition) is 3. The molecule has 0 aliphatic heterocycles. The predicted octanol–water partition coefficient (Wildman–Crippen LogP) is 3.50. The zero-order valence-electron chi connectivity index (χ0n) is 13.8.